The summed E-state index contributed by atoms with van der Waals surface area (Å²) in [6, 6.07) is 0.833. The van der Waals surface area contributed by atoms with Crippen molar-refractivity contribution in [1.29, 1.82) is 0 Å². The van der Waals surface area contributed by atoms with E-state index in [2.05, 4.69) is 0 Å². The van der Waals surface area contributed by atoms with Crippen LogP contribution in [0.25, 0.3) is 0 Å². The van der Waals surface area contributed by atoms with E-state index in [1.807, 2.05) is 6.92 Å². The Morgan fingerprint density at radius 1 is 1.25 bits per heavy atom. The minimum absolute atomic E-state index is 0. The van der Waals surface area contributed by atoms with Crippen molar-refractivity contribution in [3.05, 3.63) is 35.1 Å². The summed E-state index contributed by atoms with van der Waals surface area (Å²) in [5.41, 5.74) is 5.56. The van der Waals surface area contributed by atoms with Crippen LogP contribution < -0.4 is 5.73 Å². The van der Waals surface area contributed by atoms with E-state index in [1.165, 1.54) is 0 Å². The molecule has 0 aliphatic carbocycles. The van der Waals surface area contributed by atoms with Gasteiger partial charge in [0.25, 0.3) is 0 Å². The maximum atomic E-state index is 13.2. The lowest BCUT2D eigenvalue weighted by atomic mass is 10.0. The molecule has 1 aromatic rings. The van der Waals surface area contributed by atoms with Gasteiger partial charge in [0.1, 0.15) is 5.82 Å². The fraction of sp³-hybridized carbons (Fsp3) is 0.455. The molecule has 0 aliphatic heterocycles. The Balaban J connectivity index is 0.00000225. The van der Waals surface area contributed by atoms with E-state index in [0.29, 0.717) is 12.5 Å². The lowest BCUT2D eigenvalue weighted by Gasteiger charge is -2.12. The van der Waals surface area contributed by atoms with E-state index in [9.17, 15) is 13.2 Å². The maximum absolute atomic E-state index is 13.2. The Bertz CT molecular complexity index is 344. The Morgan fingerprint density at radius 3 is 2.44 bits per heavy atom. The summed E-state index contributed by atoms with van der Waals surface area (Å²) >= 11 is 0. The summed E-state index contributed by atoms with van der Waals surface area (Å²) < 4.78 is 38.9. The number of benzene rings is 1. The molecule has 2 N–H and O–H groups in total. The van der Waals surface area contributed by atoms with Crippen molar-refractivity contribution in [1.82, 2.24) is 0 Å². The summed E-state index contributed by atoms with van der Waals surface area (Å²) in [6.07, 6.45) is 2.24. The van der Waals surface area contributed by atoms with Crippen LogP contribution in [0.4, 0.5) is 13.2 Å². The van der Waals surface area contributed by atoms with E-state index in [0.717, 1.165) is 18.9 Å². The molecule has 0 heterocycles. The van der Waals surface area contributed by atoms with Crippen LogP contribution in [0.1, 0.15) is 37.8 Å². The van der Waals surface area contributed by atoms with Gasteiger partial charge in [0.15, 0.2) is 11.6 Å². The van der Waals surface area contributed by atoms with Crippen LogP contribution in [0.15, 0.2) is 12.1 Å². The van der Waals surface area contributed by atoms with Gasteiger partial charge in [-0.15, -0.1) is 12.4 Å². The van der Waals surface area contributed by atoms with Crippen molar-refractivity contribution >= 4 is 12.4 Å². The number of halogens is 4. The molecule has 16 heavy (non-hydrogen) atoms. The summed E-state index contributed by atoms with van der Waals surface area (Å²) in [7, 11) is 0. The summed E-state index contributed by atoms with van der Waals surface area (Å²) in [5.74, 6) is -3.02. The first kappa shape index (κ1) is 15.3. The predicted octanol–water partition coefficient (Wildman–Crippen LogP) is 3.72. The van der Waals surface area contributed by atoms with Crippen LogP contribution in [0, 0.1) is 17.5 Å². The Morgan fingerprint density at radius 2 is 1.88 bits per heavy atom. The van der Waals surface area contributed by atoms with E-state index in [4.69, 9.17) is 5.73 Å². The van der Waals surface area contributed by atoms with Gasteiger partial charge < -0.3 is 5.73 Å². The third kappa shape index (κ3) is 3.68. The number of rotatable bonds is 4. The standard InChI is InChI=1S/C11H14F3N.ClH/c1-2-3-4-10(15)8-5-7(12)6-9(13)11(8)14;/h5-6,10H,2-4,15H2,1H3;1H/t10-;/m0./s1. The van der Waals surface area contributed by atoms with Crippen molar-refractivity contribution < 1.29 is 13.2 Å². The van der Waals surface area contributed by atoms with Crippen LogP contribution in [0.5, 0.6) is 0 Å². The number of hydrogen-bond acceptors (Lipinski definition) is 1. The molecule has 1 aromatic carbocycles. The zero-order valence-electron chi connectivity index (χ0n) is 8.97. The zero-order chi connectivity index (χ0) is 11.4. The van der Waals surface area contributed by atoms with Gasteiger partial charge in [-0.3, -0.25) is 0 Å². The normalized spacial score (nSPS) is 12.1. The highest BCUT2D eigenvalue weighted by Gasteiger charge is 2.16. The molecule has 5 heteroatoms. The van der Waals surface area contributed by atoms with E-state index < -0.39 is 23.5 Å². The largest absolute Gasteiger partial charge is 0.324 e. The van der Waals surface area contributed by atoms with Gasteiger partial charge in [-0.05, 0) is 12.5 Å². The average Bonchev–Trinajstić information content (AvgIpc) is 2.19. The summed E-state index contributed by atoms with van der Waals surface area (Å²) in [5, 5.41) is 0. The molecule has 0 unspecified atom stereocenters. The topological polar surface area (TPSA) is 26.0 Å². The lowest BCUT2D eigenvalue weighted by molar-refractivity contribution is 0.467. The Hall–Kier alpha value is -0.740. The number of unbranched alkanes of at least 4 members (excludes halogenated alkanes) is 1. The fourth-order valence-electron chi connectivity index (χ4n) is 1.43. The zero-order valence-corrected chi connectivity index (χ0v) is 9.79. The van der Waals surface area contributed by atoms with Crippen LogP contribution in [0.3, 0.4) is 0 Å². The molecule has 0 amide bonds. The average molecular weight is 254 g/mol. The maximum Gasteiger partial charge on any atom is 0.163 e. The lowest BCUT2D eigenvalue weighted by Crippen LogP contribution is -2.13. The molecular formula is C11H15ClF3N. The molecule has 0 spiro atoms. The SMILES string of the molecule is CCCC[C@H](N)c1cc(F)cc(F)c1F.Cl. The first-order valence-electron chi connectivity index (χ1n) is 4.96. The first-order valence-corrected chi connectivity index (χ1v) is 4.96. The monoisotopic (exact) mass is 253 g/mol. The molecule has 0 saturated heterocycles. The molecule has 92 valence electrons. The molecule has 0 fully saturated rings. The number of hydrogen-bond donors (Lipinski definition) is 1. The molecule has 0 radical (unpaired) electrons. The van der Waals surface area contributed by atoms with Crippen molar-refractivity contribution in [2.45, 2.75) is 32.2 Å². The minimum Gasteiger partial charge on any atom is -0.324 e. The summed E-state index contributed by atoms with van der Waals surface area (Å²) in [4.78, 5) is 0. The molecule has 1 nitrogen and oxygen atoms in total. The Kier molecular flexibility index (Phi) is 6.45. The fourth-order valence-corrected chi connectivity index (χ4v) is 1.43. The van der Waals surface area contributed by atoms with Crippen molar-refractivity contribution in [2.24, 2.45) is 5.73 Å². The van der Waals surface area contributed by atoms with Gasteiger partial charge in [0.2, 0.25) is 0 Å². The Labute approximate surface area is 99.2 Å². The first-order chi connectivity index (χ1) is 7.06. The minimum atomic E-state index is -1.18. The van der Waals surface area contributed by atoms with Crippen LogP contribution in [-0.4, -0.2) is 0 Å². The second kappa shape index (κ2) is 6.76. The van der Waals surface area contributed by atoms with Gasteiger partial charge >= 0.3 is 0 Å². The van der Waals surface area contributed by atoms with Gasteiger partial charge in [-0.25, -0.2) is 13.2 Å². The third-order valence-electron chi connectivity index (χ3n) is 2.29. The van der Waals surface area contributed by atoms with Gasteiger partial charge in [-0.2, -0.15) is 0 Å². The molecule has 0 aromatic heterocycles. The second-order valence-electron chi connectivity index (χ2n) is 3.54. The smallest absolute Gasteiger partial charge is 0.163 e. The molecule has 1 rings (SSSR count). The van der Waals surface area contributed by atoms with Crippen LogP contribution in [-0.2, 0) is 0 Å². The third-order valence-corrected chi connectivity index (χ3v) is 2.29. The molecule has 0 bridgehead atoms. The van der Waals surface area contributed by atoms with E-state index in [1.54, 1.807) is 0 Å². The van der Waals surface area contributed by atoms with Crippen molar-refractivity contribution in [2.75, 3.05) is 0 Å². The predicted molar refractivity (Wildman–Crippen MR) is 60.0 cm³/mol. The van der Waals surface area contributed by atoms with Crippen molar-refractivity contribution in [3.63, 3.8) is 0 Å². The highest BCUT2D eigenvalue weighted by Crippen LogP contribution is 2.22. The molecule has 0 saturated carbocycles. The second-order valence-corrected chi connectivity index (χ2v) is 3.54. The highest BCUT2D eigenvalue weighted by atomic mass is 35.5. The molecular weight excluding hydrogens is 239 g/mol. The van der Waals surface area contributed by atoms with E-state index >= 15 is 0 Å². The summed E-state index contributed by atoms with van der Waals surface area (Å²) in [6.45, 7) is 1.97. The number of nitrogens with two attached hydrogens (primary N) is 1. The highest BCUT2D eigenvalue weighted by molar-refractivity contribution is 5.85. The van der Waals surface area contributed by atoms with Gasteiger partial charge in [0, 0.05) is 17.7 Å². The van der Waals surface area contributed by atoms with Gasteiger partial charge in [-0.1, -0.05) is 19.8 Å². The van der Waals surface area contributed by atoms with Crippen LogP contribution in [0.2, 0.25) is 0 Å². The van der Waals surface area contributed by atoms with Crippen LogP contribution >= 0.6 is 12.4 Å². The van der Waals surface area contributed by atoms with Crippen molar-refractivity contribution in [3.8, 4) is 0 Å². The molecule has 0 aliphatic rings. The van der Waals surface area contributed by atoms with E-state index in [-0.39, 0.29) is 18.0 Å². The van der Waals surface area contributed by atoms with Gasteiger partial charge in [0.05, 0.1) is 0 Å². The quantitative estimate of drug-likeness (QED) is 0.814. The molecule has 1 atom stereocenters.